The molecule has 1 aliphatic rings. The maximum atomic E-state index is 12.0. The molecule has 104 valence electrons. The van der Waals surface area contributed by atoms with Gasteiger partial charge in [0, 0.05) is 17.0 Å². The summed E-state index contributed by atoms with van der Waals surface area (Å²) in [6.07, 6.45) is 4.18. The third-order valence-electron chi connectivity index (χ3n) is 3.92. The molecule has 0 unspecified atom stereocenters. The van der Waals surface area contributed by atoms with Crippen LogP contribution in [0.15, 0.2) is 24.3 Å². The fourth-order valence-electron chi connectivity index (χ4n) is 2.53. The standard InChI is InChI=1S/C16H22ClNO/c1-13-8-11-18(12-9-13)10-2-3-16(19)14-4-6-15(17)7-5-14/h4-7,13H,2-3,8-12H2,1H3. The molecular formula is C16H22ClNO. The van der Waals surface area contributed by atoms with Gasteiger partial charge in [0.1, 0.15) is 0 Å². The van der Waals surface area contributed by atoms with Crippen LogP contribution >= 0.6 is 11.6 Å². The maximum absolute atomic E-state index is 12.0. The third-order valence-corrected chi connectivity index (χ3v) is 4.17. The fourth-order valence-corrected chi connectivity index (χ4v) is 2.65. The number of carbonyl (C=O) groups is 1. The van der Waals surface area contributed by atoms with E-state index in [-0.39, 0.29) is 5.78 Å². The summed E-state index contributed by atoms with van der Waals surface area (Å²) < 4.78 is 0. The molecule has 1 aliphatic heterocycles. The zero-order valence-corrected chi connectivity index (χ0v) is 12.3. The summed E-state index contributed by atoms with van der Waals surface area (Å²) in [6, 6.07) is 7.18. The molecule has 3 heteroatoms. The van der Waals surface area contributed by atoms with E-state index in [4.69, 9.17) is 11.6 Å². The van der Waals surface area contributed by atoms with Crippen LogP contribution < -0.4 is 0 Å². The van der Waals surface area contributed by atoms with Crippen LogP contribution in [-0.4, -0.2) is 30.3 Å². The Hall–Kier alpha value is -0.860. The minimum Gasteiger partial charge on any atom is -0.303 e. The summed E-state index contributed by atoms with van der Waals surface area (Å²) in [4.78, 5) is 14.5. The molecule has 0 atom stereocenters. The van der Waals surface area contributed by atoms with Crippen molar-refractivity contribution in [2.75, 3.05) is 19.6 Å². The van der Waals surface area contributed by atoms with Gasteiger partial charge in [-0.2, -0.15) is 0 Å². The maximum Gasteiger partial charge on any atom is 0.162 e. The fraction of sp³-hybridized carbons (Fsp3) is 0.562. The number of Topliss-reactive ketones (excluding diaryl/α,β-unsaturated/α-hetero) is 1. The second kappa shape index (κ2) is 7.06. The molecule has 0 saturated carbocycles. The summed E-state index contributed by atoms with van der Waals surface area (Å²) in [6.45, 7) is 5.75. The lowest BCUT2D eigenvalue weighted by atomic mass is 9.99. The summed E-state index contributed by atoms with van der Waals surface area (Å²) in [5.41, 5.74) is 0.775. The Balaban J connectivity index is 1.70. The van der Waals surface area contributed by atoms with Crippen LogP contribution in [0, 0.1) is 5.92 Å². The monoisotopic (exact) mass is 279 g/mol. The van der Waals surface area contributed by atoms with Gasteiger partial charge in [-0.3, -0.25) is 4.79 Å². The van der Waals surface area contributed by atoms with Crippen molar-refractivity contribution in [2.24, 2.45) is 5.92 Å². The molecule has 2 nitrogen and oxygen atoms in total. The van der Waals surface area contributed by atoms with Crippen LogP contribution in [0.1, 0.15) is 43.0 Å². The number of piperidine rings is 1. The lowest BCUT2D eigenvalue weighted by Gasteiger charge is -2.29. The van der Waals surface area contributed by atoms with E-state index in [0.717, 1.165) is 24.4 Å². The number of rotatable bonds is 5. The van der Waals surface area contributed by atoms with Crippen LogP contribution in [0.25, 0.3) is 0 Å². The highest BCUT2D eigenvalue weighted by Crippen LogP contribution is 2.17. The largest absolute Gasteiger partial charge is 0.303 e. The number of hydrogen-bond donors (Lipinski definition) is 0. The second-order valence-electron chi connectivity index (χ2n) is 5.56. The molecule has 0 radical (unpaired) electrons. The number of hydrogen-bond acceptors (Lipinski definition) is 2. The highest BCUT2D eigenvalue weighted by atomic mass is 35.5. The Kier molecular flexibility index (Phi) is 5.41. The van der Waals surface area contributed by atoms with E-state index in [2.05, 4.69) is 11.8 Å². The second-order valence-corrected chi connectivity index (χ2v) is 5.99. The lowest BCUT2D eigenvalue weighted by Crippen LogP contribution is -2.33. The van der Waals surface area contributed by atoms with Crippen molar-refractivity contribution in [2.45, 2.75) is 32.6 Å². The van der Waals surface area contributed by atoms with Gasteiger partial charge in [0.15, 0.2) is 5.78 Å². The first-order valence-corrected chi connectivity index (χ1v) is 7.54. The molecule has 2 rings (SSSR count). The van der Waals surface area contributed by atoms with Crippen molar-refractivity contribution >= 4 is 17.4 Å². The van der Waals surface area contributed by atoms with Gasteiger partial charge in [-0.05, 0) is 69.1 Å². The molecule has 0 bridgehead atoms. The van der Waals surface area contributed by atoms with Crippen LogP contribution in [0.5, 0.6) is 0 Å². The molecular weight excluding hydrogens is 258 g/mol. The first-order valence-electron chi connectivity index (χ1n) is 7.16. The molecule has 0 amide bonds. The Morgan fingerprint density at radius 2 is 1.89 bits per heavy atom. The summed E-state index contributed by atoms with van der Waals surface area (Å²) >= 11 is 5.82. The molecule has 1 fully saturated rings. The highest BCUT2D eigenvalue weighted by Gasteiger charge is 2.15. The molecule has 0 N–H and O–H groups in total. The van der Waals surface area contributed by atoms with Gasteiger partial charge < -0.3 is 4.90 Å². The van der Waals surface area contributed by atoms with Gasteiger partial charge in [0.05, 0.1) is 0 Å². The molecule has 1 aromatic rings. The van der Waals surface area contributed by atoms with Crippen molar-refractivity contribution in [3.05, 3.63) is 34.9 Å². The summed E-state index contributed by atoms with van der Waals surface area (Å²) in [5, 5.41) is 0.680. The van der Waals surface area contributed by atoms with Crippen molar-refractivity contribution < 1.29 is 4.79 Å². The molecule has 19 heavy (non-hydrogen) atoms. The van der Waals surface area contributed by atoms with Crippen LogP contribution in [0.3, 0.4) is 0 Å². The number of benzene rings is 1. The van der Waals surface area contributed by atoms with Gasteiger partial charge in [0.2, 0.25) is 0 Å². The Bertz CT molecular complexity index is 407. The van der Waals surface area contributed by atoms with Gasteiger partial charge in [-0.1, -0.05) is 18.5 Å². The van der Waals surface area contributed by atoms with E-state index >= 15 is 0 Å². The molecule has 0 aliphatic carbocycles. The van der Waals surface area contributed by atoms with E-state index in [1.807, 2.05) is 12.1 Å². The predicted molar refractivity (Wildman–Crippen MR) is 79.9 cm³/mol. The van der Waals surface area contributed by atoms with Crippen molar-refractivity contribution in [1.29, 1.82) is 0 Å². The van der Waals surface area contributed by atoms with E-state index in [9.17, 15) is 4.79 Å². The summed E-state index contributed by atoms with van der Waals surface area (Å²) in [7, 11) is 0. The zero-order valence-electron chi connectivity index (χ0n) is 11.6. The number of carbonyl (C=O) groups excluding carboxylic acids is 1. The minimum absolute atomic E-state index is 0.224. The van der Waals surface area contributed by atoms with E-state index in [1.165, 1.54) is 25.9 Å². The number of ketones is 1. The average Bonchev–Trinajstić information content (AvgIpc) is 2.41. The minimum atomic E-state index is 0.224. The zero-order chi connectivity index (χ0) is 13.7. The number of halogens is 1. The van der Waals surface area contributed by atoms with Crippen LogP contribution in [0.2, 0.25) is 5.02 Å². The highest BCUT2D eigenvalue weighted by molar-refractivity contribution is 6.30. The van der Waals surface area contributed by atoms with E-state index < -0.39 is 0 Å². The molecule has 1 heterocycles. The van der Waals surface area contributed by atoms with Crippen LogP contribution in [0.4, 0.5) is 0 Å². The SMILES string of the molecule is CC1CCN(CCCC(=O)c2ccc(Cl)cc2)CC1. The van der Waals surface area contributed by atoms with Crippen molar-refractivity contribution in [3.8, 4) is 0 Å². The molecule has 1 aromatic carbocycles. The third kappa shape index (κ3) is 4.63. The predicted octanol–water partition coefficient (Wildman–Crippen LogP) is 4.03. The first-order chi connectivity index (χ1) is 9.15. The molecule has 0 spiro atoms. The molecule has 1 saturated heterocycles. The normalized spacial score (nSPS) is 17.6. The lowest BCUT2D eigenvalue weighted by molar-refractivity contribution is 0.0971. The van der Waals surface area contributed by atoms with Crippen molar-refractivity contribution in [1.82, 2.24) is 4.90 Å². The van der Waals surface area contributed by atoms with Gasteiger partial charge in [-0.15, -0.1) is 0 Å². The van der Waals surface area contributed by atoms with Crippen LogP contribution in [-0.2, 0) is 0 Å². The molecule has 0 aromatic heterocycles. The Labute approximate surface area is 120 Å². The summed E-state index contributed by atoms with van der Waals surface area (Å²) in [5.74, 6) is 1.09. The van der Waals surface area contributed by atoms with E-state index in [1.54, 1.807) is 12.1 Å². The smallest absolute Gasteiger partial charge is 0.162 e. The average molecular weight is 280 g/mol. The van der Waals surface area contributed by atoms with Gasteiger partial charge in [0.25, 0.3) is 0 Å². The Morgan fingerprint density at radius 3 is 2.53 bits per heavy atom. The van der Waals surface area contributed by atoms with Gasteiger partial charge >= 0.3 is 0 Å². The topological polar surface area (TPSA) is 20.3 Å². The first kappa shape index (κ1) is 14.5. The Morgan fingerprint density at radius 1 is 1.26 bits per heavy atom. The van der Waals surface area contributed by atoms with Crippen molar-refractivity contribution in [3.63, 3.8) is 0 Å². The van der Waals surface area contributed by atoms with Gasteiger partial charge in [-0.25, -0.2) is 0 Å². The number of likely N-dealkylation sites (tertiary alicyclic amines) is 1. The number of nitrogens with zero attached hydrogens (tertiary/aromatic N) is 1. The quantitative estimate of drug-likeness (QED) is 0.759. The van der Waals surface area contributed by atoms with E-state index in [0.29, 0.717) is 11.4 Å².